The summed E-state index contributed by atoms with van der Waals surface area (Å²) >= 11 is 0. The zero-order valence-corrected chi connectivity index (χ0v) is 16.2. The van der Waals surface area contributed by atoms with E-state index in [-0.39, 0.29) is 18.1 Å². The van der Waals surface area contributed by atoms with Crippen molar-refractivity contribution in [3.63, 3.8) is 0 Å². The number of aromatic hydroxyl groups is 1. The Morgan fingerprint density at radius 3 is 2.64 bits per heavy atom. The van der Waals surface area contributed by atoms with Crippen LogP contribution in [-0.2, 0) is 17.6 Å². The van der Waals surface area contributed by atoms with E-state index in [9.17, 15) is 14.7 Å². The third kappa shape index (κ3) is 3.86. The Kier molecular flexibility index (Phi) is 5.68. The quantitative estimate of drug-likeness (QED) is 0.641. The van der Waals surface area contributed by atoms with Crippen LogP contribution in [0.2, 0.25) is 0 Å². The average molecular weight is 381 g/mol. The number of nitrogens with one attached hydrogen (secondary N) is 1. The van der Waals surface area contributed by atoms with Crippen LogP contribution in [0.3, 0.4) is 0 Å². The van der Waals surface area contributed by atoms with E-state index >= 15 is 0 Å². The number of para-hydroxylation sites is 1. The van der Waals surface area contributed by atoms with Gasteiger partial charge >= 0.3 is 5.63 Å². The molecule has 6 heteroatoms. The van der Waals surface area contributed by atoms with Crippen LogP contribution in [0.1, 0.15) is 22.3 Å². The first kappa shape index (κ1) is 19.5. The molecule has 2 N–H and O–H groups in total. The minimum Gasteiger partial charge on any atom is -0.508 e. The number of benzene rings is 2. The summed E-state index contributed by atoms with van der Waals surface area (Å²) in [6.07, 6.45) is 0.565. The van der Waals surface area contributed by atoms with Crippen molar-refractivity contribution in [2.24, 2.45) is 0 Å². The van der Waals surface area contributed by atoms with Crippen LogP contribution in [0.4, 0.5) is 0 Å². The number of carbonyl (C=O) groups is 1. The van der Waals surface area contributed by atoms with Gasteiger partial charge in [0.05, 0.1) is 19.1 Å². The van der Waals surface area contributed by atoms with E-state index in [1.54, 1.807) is 33.1 Å². The van der Waals surface area contributed by atoms with E-state index in [0.29, 0.717) is 40.6 Å². The van der Waals surface area contributed by atoms with Crippen molar-refractivity contribution in [1.29, 1.82) is 0 Å². The number of phenolic OH excluding ortho intramolecular Hbond substituents is 1. The number of hydrogen-bond acceptors (Lipinski definition) is 5. The normalized spacial score (nSPS) is 10.8. The van der Waals surface area contributed by atoms with Gasteiger partial charge in [-0.2, -0.15) is 0 Å². The van der Waals surface area contributed by atoms with Gasteiger partial charge in [0, 0.05) is 17.5 Å². The fourth-order valence-corrected chi connectivity index (χ4v) is 3.25. The van der Waals surface area contributed by atoms with E-state index in [2.05, 4.69) is 5.32 Å². The van der Waals surface area contributed by atoms with Gasteiger partial charge in [-0.05, 0) is 49.6 Å². The number of amides is 1. The van der Waals surface area contributed by atoms with Gasteiger partial charge in [-0.25, -0.2) is 4.79 Å². The Morgan fingerprint density at radius 2 is 1.89 bits per heavy atom. The molecule has 146 valence electrons. The zero-order valence-electron chi connectivity index (χ0n) is 16.2. The highest BCUT2D eigenvalue weighted by Crippen LogP contribution is 2.28. The number of ether oxygens (including phenoxy) is 1. The van der Waals surface area contributed by atoms with E-state index in [1.807, 2.05) is 24.3 Å². The molecule has 6 nitrogen and oxygen atoms in total. The van der Waals surface area contributed by atoms with E-state index in [0.717, 1.165) is 11.3 Å². The molecule has 0 aliphatic heterocycles. The first-order chi connectivity index (χ1) is 13.4. The lowest BCUT2D eigenvalue weighted by molar-refractivity contribution is -0.120. The zero-order chi connectivity index (χ0) is 20.3. The molecule has 1 heterocycles. The predicted octanol–water partition coefficient (Wildman–Crippen LogP) is 3.03. The van der Waals surface area contributed by atoms with Gasteiger partial charge in [0.25, 0.3) is 0 Å². The molecule has 0 spiro atoms. The maximum absolute atomic E-state index is 12.4. The van der Waals surface area contributed by atoms with Crippen molar-refractivity contribution in [2.75, 3.05) is 13.7 Å². The molecule has 0 bridgehead atoms. The van der Waals surface area contributed by atoms with Crippen molar-refractivity contribution < 1.29 is 19.1 Å². The molecule has 0 aliphatic carbocycles. The van der Waals surface area contributed by atoms with E-state index in [1.165, 1.54) is 0 Å². The van der Waals surface area contributed by atoms with Crippen LogP contribution in [-0.4, -0.2) is 24.7 Å². The molecule has 0 saturated heterocycles. The number of rotatable bonds is 6. The van der Waals surface area contributed by atoms with Gasteiger partial charge in [-0.3, -0.25) is 4.79 Å². The molecule has 3 rings (SSSR count). The number of aryl methyl sites for hydroxylation is 2. The third-order valence-corrected chi connectivity index (χ3v) is 4.92. The number of phenols is 1. The summed E-state index contributed by atoms with van der Waals surface area (Å²) in [5.41, 5.74) is 2.32. The van der Waals surface area contributed by atoms with E-state index in [4.69, 9.17) is 9.15 Å². The van der Waals surface area contributed by atoms with Crippen LogP contribution in [0.25, 0.3) is 11.0 Å². The molecule has 0 saturated carbocycles. The first-order valence-corrected chi connectivity index (χ1v) is 9.05. The minimum atomic E-state index is -0.557. The summed E-state index contributed by atoms with van der Waals surface area (Å²) in [6.45, 7) is 3.90. The Hall–Kier alpha value is -3.28. The van der Waals surface area contributed by atoms with Crippen LogP contribution in [0, 0.1) is 13.8 Å². The molecule has 0 fully saturated rings. The van der Waals surface area contributed by atoms with Crippen molar-refractivity contribution in [3.8, 4) is 11.5 Å². The number of carbonyl (C=O) groups excluding carboxylic acids is 1. The molecule has 1 aromatic heterocycles. The highest BCUT2D eigenvalue weighted by atomic mass is 16.5. The third-order valence-electron chi connectivity index (χ3n) is 4.92. The maximum Gasteiger partial charge on any atom is 0.340 e. The molecule has 0 aliphatic rings. The van der Waals surface area contributed by atoms with Crippen molar-refractivity contribution in [3.05, 3.63) is 69.1 Å². The Bertz CT molecular complexity index is 1080. The SMILES string of the molecule is COc1ccccc1CCNC(=O)Cc1c(C)c2ccc(O)c(C)c2oc1=O. The molecule has 1 amide bonds. The van der Waals surface area contributed by atoms with Crippen LogP contribution < -0.4 is 15.7 Å². The van der Waals surface area contributed by atoms with Crippen molar-refractivity contribution in [2.45, 2.75) is 26.7 Å². The van der Waals surface area contributed by atoms with Crippen LogP contribution >= 0.6 is 0 Å². The van der Waals surface area contributed by atoms with Gasteiger partial charge in [-0.1, -0.05) is 18.2 Å². The summed E-state index contributed by atoms with van der Waals surface area (Å²) in [5.74, 6) is 0.596. The van der Waals surface area contributed by atoms with Crippen molar-refractivity contribution in [1.82, 2.24) is 5.32 Å². The maximum atomic E-state index is 12.4. The average Bonchev–Trinajstić information content (AvgIpc) is 2.68. The Morgan fingerprint density at radius 1 is 1.14 bits per heavy atom. The summed E-state index contributed by atoms with van der Waals surface area (Å²) in [5, 5.41) is 13.4. The van der Waals surface area contributed by atoms with Crippen LogP contribution in [0.5, 0.6) is 11.5 Å². The van der Waals surface area contributed by atoms with E-state index < -0.39 is 5.63 Å². The van der Waals surface area contributed by atoms with Gasteiger partial charge in [0.15, 0.2) is 0 Å². The summed E-state index contributed by atoms with van der Waals surface area (Å²) < 4.78 is 10.7. The monoisotopic (exact) mass is 381 g/mol. The second kappa shape index (κ2) is 8.17. The predicted molar refractivity (Wildman–Crippen MR) is 107 cm³/mol. The summed E-state index contributed by atoms with van der Waals surface area (Å²) in [7, 11) is 1.61. The molecule has 0 unspecified atom stereocenters. The van der Waals surface area contributed by atoms with Gasteiger partial charge in [0.1, 0.15) is 17.1 Å². The Labute approximate surface area is 162 Å². The molecule has 0 radical (unpaired) electrons. The summed E-state index contributed by atoms with van der Waals surface area (Å²) in [6, 6.07) is 10.9. The van der Waals surface area contributed by atoms with Crippen LogP contribution in [0.15, 0.2) is 45.6 Å². The lowest BCUT2D eigenvalue weighted by atomic mass is 10.0. The van der Waals surface area contributed by atoms with Gasteiger partial charge in [0.2, 0.25) is 5.91 Å². The fraction of sp³-hybridized carbons (Fsp3) is 0.273. The van der Waals surface area contributed by atoms with Gasteiger partial charge < -0.3 is 19.6 Å². The minimum absolute atomic E-state index is 0.0596. The second-order valence-corrected chi connectivity index (χ2v) is 6.67. The molecular formula is C22H23NO5. The highest BCUT2D eigenvalue weighted by Gasteiger charge is 2.17. The first-order valence-electron chi connectivity index (χ1n) is 9.05. The lowest BCUT2D eigenvalue weighted by Gasteiger charge is -2.11. The van der Waals surface area contributed by atoms with Crippen molar-refractivity contribution >= 4 is 16.9 Å². The Balaban J connectivity index is 1.73. The summed E-state index contributed by atoms with van der Waals surface area (Å²) in [4.78, 5) is 24.7. The number of methoxy groups -OCH3 is 1. The smallest absolute Gasteiger partial charge is 0.340 e. The molecule has 0 atom stereocenters. The molecule has 28 heavy (non-hydrogen) atoms. The molecule has 2 aromatic carbocycles. The standard InChI is InChI=1S/C22H23NO5/c1-13-16-8-9-18(24)14(2)21(16)28-22(26)17(13)12-20(25)23-11-10-15-6-4-5-7-19(15)27-3/h4-9,24H,10-12H2,1-3H3,(H,23,25). The molecular weight excluding hydrogens is 358 g/mol. The fourth-order valence-electron chi connectivity index (χ4n) is 3.25. The lowest BCUT2D eigenvalue weighted by Crippen LogP contribution is -2.29. The van der Waals surface area contributed by atoms with Gasteiger partial charge in [-0.15, -0.1) is 0 Å². The number of fused-ring (bicyclic) bond motifs is 1. The second-order valence-electron chi connectivity index (χ2n) is 6.67. The topological polar surface area (TPSA) is 88.8 Å². The molecule has 3 aromatic rings. The highest BCUT2D eigenvalue weighted by molar-refractivity contribution is 5.87. The number of hydrogen-bond donors (Lipinski definition) is 2. The largest absolute Gasteiger partial charge is 0.508 e.